The number of aliphatic hydroxyl groups excluding tert-OH is 1. The third-order valence-electron chi connectivity index (χ3n) is 4.94. The van der Waals surface area contributed by atoms with Crippen LogP contribution >= 0.6 is 0 Å². The number of carbonyl (C=O) groups excluding carboxylic acids is 1. The Labute approximate surface area is 171 Å². The van der Waals surface area contributed by atoms with Crippen molar-refractivity contribution in [3.8, 4) is 0 Å². The van der Waals surface area contributed by atoms with Gasteiger partial charge >= 0.3 is 0 Å². The van der Waals surface area contributed by atoms with Crippen LogP contribution in [0.5, 0.6) is 0 Å². The lowest BCUT2D eigenvalue weighted by Gasteiger charge is -2.10. The second kappa shape index (κ2) is 25.4. The van der Waals surface area contributed by atoms with Crippen molar-refractivity contribution in [2.24, 2.45) is 0 Å². The van der Waals surface area contributed by atoms with Gasteiger partial charge in [-0.05, 0) is 19.3 Å². The highest BCUT2D eigenvalue weighted by molar-refractivity contribution is 5.72. The molecule has 0 rings (SSSR count). The van der Waals surface area contributed by atoms with Crippen LogP contribution in [0.3, 0.4) is 0 Å². The average Bonchev–Trinajstić information content (AvgIpc) is 2.64. The number of aliphatic hydroxyl groups is 1. The zero-order chi connectivity index (χ0) is 20.6. The maximum Gasteiger partial charge on any atom is 0.216 e. The number of hydrogen-bond acceptors (Lipinski definition) is 2. The Hall–Kier alpha value is -0.570. The molecule has 0 saturated carbocycles. The quantitative estimate of drug-likeness (QED) is 0.246. The predicted octanol–water partition coefficient (Wildman–Crippen LogP) is 7.16. The Morgan fingerprint density at radius 3 is 1.41 bits per heavy atom. The molecule has 0 heterocycles. The SMILES string of the molecule is CCCCCCCCCC(O)CCCCCCCC.CCCCNC(C)=O. The lowest BCUT2D eigenvalue weighted by molar-refractivity contribution is -0.118. The molecule has 3 nitrogen and oxygen atoms in total. The molecule has 0 fully saturated rings. The van der Waals surface area contributed by atoms with Crippen LogP contribution in [0, 0.1) is 0 Å². The Bertz CT molecular complexity index is 282. The van der Waals surface area contributed by atoms with E-state index in [4.69, 9.17) is 0 Å². The van der Waals surface area contributed by atoms with Gasteiger partial charge in [-0.3, -0.25) is 4.79 Å². The summed E-state index contributed by atoms with van der Waals surface area (Å²) in [6.07, 6.45) is 21.6. The molecule has 0 radical (unpaired) electrons. The van der Waals surface area contributed by atoms with E-state index in [1.165, 1.54) is 90.4 Å². The standard InChI is InChI=1S/C18H38O.C6H13NO/c1-3-5-7-9-11-13-15-17-18(19)16-14-12-10-8-6-4-2;1-3-4-5-7-6(2)8/h18-19H,3-17H2,1-2H3;3-5H2,1-2H3,(H,7,8). The Balaban J connectivity index is 0. The van der Waals surface area contributed by atoms with Gasteiger partial charge in [0.2, 0.25) is 5.91 Å². The molecular formula is C24H51NO2. The van der Waals surface area contributed by atoms with Crippen molar-refractivity contribution in [2.45, 2.75) is 143 Å². The van der Waals surface area contributed by atoms with Gasteiger partial charge in [-0.15, -0.1) is 0 Å². The van der Waals surface area contributed by atoms with Gasteiger partial charge in [0, 0.05) is 13.5 Å². The minimum absolute atomic E-state index is 0.0261. The van der Waals surface area contributed by atoms with Crippen molar-refractivity contribution in [3.05, 3.63) is 0 Å². The van der Waals surface area contributed by atoms with Crippen LogP contribution in [0.25, 0.3) is 0 Å². The van der Waals surface area contributed by atoms with Crippen LogP contribution in [0.1, 0.15) is 137 Å². The third-order valence-corrected chi connectivity index (χ3v) is 4.94. The summed E-state index contributed by atoms with van der Waals surface area (Å²) in [4.78, 5) is 10.2. The van der Waals surface area contributed by atoms with Crippen molar-refractivity contribution in [3.63, 3.8) is 0 Å². The highest BCUT2D eigenvalue weighted by Gasteiger charge is 2.03. The number of amides is 1. The monoisotopic (exact) mass is 385 g/mol. The summed E-state index contributed by atoms with van der Waals surface area (Å²) in [5.41, 5.74) is 0. The average molecular weight is 386 g/mol. The maximum atomic E-state index is 10.2. The van der Waals surface area contributed by atoms with E-state index in [0.29, 0.717) is 0 Å². The lowest BCUT2D eigenvalue weighted by atomic mass is 10.0. The zero-order valence-electron chi connectivity index (χ0n) is 19.2. The summed E-state index contributed by atoms with van der Waals surface area (Å²) in [7, 11) is 0. The van der Waals surface area contributed by atoms with E-state index in [1.807, 2.05) is 0 Å². The van der Waals surface area contributed by atoms with Crippen LogP contribution < -0.4 is 5.32 Å². The first-order chi connectivity index (χ1) is 13.1. The molecule has 164 valence electrons. The fourth-order valence-corrected chi connectivity index (χ4v) is 3.08. The van der Waals surface area contributed by atoms with Gasteiger partial charge in [-0.2, -0.15) is 0 Å². The molecule has 1 unspecified atom stereocenters. The summed E-state index contributed by atoms with van der Waals surface area (Å²) in [5, 5.41) is 12.6. The van der Waals surface area contributed by atoms with E-state index in [9.17, 15) is 9.90 Å². The lowest BCUT2D eigenvalue weighted by Crippen LogP contribution is -2.20. The van der Waals surface area contributed by atoms with Gasteiger partial charge in [0.25, 0.3) is 0 Å². The van der Waals surface area contributed by atoms with E-state index in [2.05, 4.69) is 26.1 Å². The largest absolute Gasteiger partial charge is 0.393 e. The van der Waals surface area contributed by atoms with Gasteiger partial charge in [0.1, 0.15) is 0 Å². The molecule has 1 amide bonds. The van der Waals surface area contributed by atoms with Gasteiger partial charge in [-0.1, -0.05) is 111 Å². The molecule has 27 heavy (non-hydrogen) atoms. The van der Waals surface area contributed by atoms with Gasteiger partial charge in [0.15, 0.2) is 0 Å². The minimum Gasteiger partial charge on any atom is -0.393 e. The molecular weight excluding hydrogens is 334 g/mol. The van der Waals surface area contributed by atoms with Crippen molar-refractivity contribution in [1.82, 2.24) is 5.32 Å². The van der Waals surface area contributed by atoms with Crippen molar-refractivity contribution < 1.29 is 9.90 Å². The van der Waals surface area contributed by atoms with E-state index >= 15 is 0 Å². The smallest absolute Gasteiger partial charge is 0.216 e. The van der Waals surface area contributed by atoms with E-state index in [-0.39, 0.29) is 12.0 Å². The number of rotatable bonds is 18. The normalized spacial score (nSPS) is 11.6. The zero-order valence-corrected chi connectivity index (χ0v) is 19.2. The van der Waals surface area contributed by atoms with Crippen LogP contribution in [-0.2, 0) is 4.79 Å². The first-order valence-corrected chi connectivity index (χ1v) is 12.0. The second-order valence-corrected chi connectivity index (χ2v) is 7.96. The molecule has 0 aliphatic heterocycles. The molecule has 3 heteroatoms. The van der Waals surface area contributed by atoms with Crippen molar-refractivity contribution in [2.75, 3.05) is 6.54 Å². The van der Waals surface area contributed by atoms with Crippen LogP contribution in [0.15, 0.2) is 0 Å². The fraction of sp³-hybridized carbons (Fsp3) is 0.958. The van der Waals surface area contributed by atoms with Gasteiger partial charge in [-0.25, -0.2) is 0 Å². The number of carbonyl (C=O) groups is 1. The molecule has 0 aliphatic rings. The summed E-state index contributed by atoms with van der Waals surface area (Å²) < 4.78 is 0. The summed E-state index contributed by atoms with van der Waals surface area (Å²) in [6.45, 7) is 8.98. The van der Waals surface area contributed by atoms with Crippen molar-refractivity contribution >= 4 is 5.91 Å². The van der Waals surface area contributed by atoms with Crippen LogP contribution in [0.4, 0.5) is 0 Å². The van der Waals surface area contributed by atoms with E-state index in [0.717, 1.165) is 32.2 Å². The highest BCUT2D eigenvalue weighted by Crippen LogP contribution is 2.14. The molecule has 0 aromatic heterocycles. The molecule has 0 aromatic rings. The summed E-state index contributed by atoms with van der Waals surface area (Å²) >= 11 is 0. The number of unbranched alkanes of at least 4 members (excludes halogenated alkanes) is 12. The summed E-state index contributed by atoms with van der Waals surface area (Å²) in [6, 6.07) is 0. The number of hydrogen-bond donors (Lipinski definition) is 2. The molecule has 0 aromatic carbocycles. The molecule has 2 N–H and O–H groups in total. The third kappa shape index (κ3) is 30.4. The summed E-state index contributed by atoms with van der Waals surface area (Å²) in [5.74, 6) is 0.0680. The molecule has 0 bridgehead atoms. The Kier molecular flexibility index (Phi) is 27.0. The first-order valence-electron chi connectivity index (χ1n) is 12.0. The Morgan fingerprint density at radius 1 is 0.667 bits per heavy atom. The fourth-order valence-electron chi connectivity index (χ4n) is 3.08. The maximum absolute atomic E-state index is 10.2. The minimum atomic E-state index is -0.0261. The van der Waals surface area contributed by atoms with Gasteiger partial charge in [0.05, 0.1) is 6.10 Å². The first kappa shape index (κ1) is 28.6. The van der Waals surface area contributed by atoms with Gasteiger partial charge < -0.3 is 10.4 Å². The topological polar surface area (TPSA) is 49.3 Å². The molecule has 0 aliphatic carbocycles. The molecule has 0 saturated heterocycles. The Morgan fingerprint density at radius 2 is 1.04 bits per heavy atom. The predicted molar refractivity (Wildman–Crippen MR) is 120 cm³/mol. The molecule has 0 spiro atoms. The highest BCUT2D eigenvalue weighted by atomic mass is 16.3. The number of nitrogens with one attached hydrogen (secondary N) is 1. The second-order valence-electron chi connectivity index (χ2n) is 7.96. The van der Waals surface area contributed by atoms with E-state index in [1.54, 1.807) is 0 Å². The van der Waals surface area contributed by atoms with Crippen LogP contribution in [0.2, 0.25) is 0 Å². The molecule has 1 atom stereocenters. The van der Waals surface area contributed by atoms with Crippen LogP contribution in [-0.4, -0.2) is 23.7 Å². The van der Waals surface area contributed by atoms with Crippen molar-refractivity contribution in [1.29, 1.82) is 0 Å². The van der Waals surface area contributed by atoms with E-state index < -0.39 is 0 Å².